The van der Waals surface area contributed by atoms with Gasteiger partial charge in [0.15, 0.2) is 4.77 Å². The molecule has 0 aliphatic heterocycles. The number of halogens is 3. The summed E-state index contributed by atoms with van der Waals surface area (Å²) >= 11 is 23.4. The Kier molecular flexibility index (Phi) is 3.78. The lowest BCUT2D eigenvalue weighted by Crippen LogP contribution is -1.99. The van der Waals surface area contributed by atoms with Crippen molar-refractivity contribution in [3.63, 3.8) is 0 Å². The van der Waals surface area contributed by atoms with Crippen LogP contribution in [0.3, 0.4) is 0 Å². The molecule has 0 saturated heterocycles. The van der Waals surface area contributed by atoms with Gasteiger partial charge in [0, 0.05) is 5.02 Å². The number of fused-ring (bicyclic) bond motifs is 1. The number of hydrogen-bond donors (Lipinski definition) is 1. The Morgan fingerprint density at radius 3 is 2.35 bits per heavy atom. The lowest BCUT2D eigenvalue weighted by Gasteiger charge is -2.06. The van der Waals surface area contributed by atoms with Gasteiger partial charge in [0.05, 0.1) is 27.6 Å². The first kappa shape index (κ1) is 14.0. The van der Waals surface area contributed by atoms with Crippen LogP contribution in [-0.4, -0.2) is 9.55 Å². The molecular formula is C14H9Cl3N2S. The van der Waals surface area contributed by atoms with Crippen LogP contribution >= 0.6 is 47.0 Å². The van der Waals surface area contributed by atoms with E-state index in [0.29, 0.717) is 26.4 Å². The summed E-state index contributed by atoms with van der Waals surface area (Å²) in [5.74, 6) is 0. The van der Waals surface area contributed by atoms with Crippen molar-refractivity contribution >= 4 is 58.1 Å². The summed E-state index contributed by atoms with van der Waals surface area (Å²) in [6.07, 6.45) is 0. The van der Waals surface area contributed by atoms with Crippen LogP contribution in [0.15, 0.2) is 36.4 Å². The summed E-state index contributed by atoms with van der Waals surface area (Å²) in [5.41, 5.74) is 2.91. The number of nitrogens with one attached hydrogen (secondary N) is 1. The molecule has 0 fully saturated rings. The molecule has 0 radical (unpaired) electrons. The predicted octanol–water partition coefficient (Wildman–Crippen LogP) is 5.71. The van der Waals surface area contributed by atoms with Gasteiger partial charge in [-0.1, -0.05) is 46.9 Å². The van der Waals surface area contributed by atoms with E-state index < -0.39 is 0 Å². The first-order valence-electron chi connectivity index (χ1n) is 5.86. The van der Waals surface area contributed by atoms with Crippen molar-refractivity contribution in [1.29, 1.82) is 0 Å². The molecule has 6 heteroatoms. The summed E-state index contributed by atoms with van der Waals surface area (Å²) < 4.78 is 2.61. The molecule has 102 valence electrons. The Hall–Kier alpha value is -1.00. The highest BCUT2D eigenvalue weighted by Gasteiger charge is 2.08. The molecule has 0 spiro atoms. The number of rotatable bonds is 2. The maximum atomic E-state index is 6.08. The van der Waals surface area contributed by atoms with Crippen molar-refractivity contribution in [1.82, 2.24) is 9.55 Å². The second-order valence-electron chi connectivity index (χ2n) is 4.43. The van der Waals surface area contributed by atoms with E-state index in [1.807, 2.05) is 34.9 Å². The van der Waals surface area contributed by atoms with Crippen molar-refractivity contribution in [2.24, 2.45) is 0 Å². The molecule has 1 heterocycles. The molecule has 0 saturated carbocycles. The molecule has 0 bridgehead atoms. The lowest BCUT2D eigenvalue weighted by atomic mass is 10.2. The Balaban J connectivity index is 2.11. The van der Waals surface area contributed by atoms with Gasteiger partial charge in [-0.3, -0.25) is 0 Å². The lowest BCUT2D eigenvalue weighted by molar-refractivity contribution is 0.810. The Labute approximate surface area is 135 Å². The van der Waals surface area contributed by atoms with Crippen LogP contribution < -0.4 is 0 Å². The van der Waals surface area contributed by atoms with Crippen LogP contribution in [0.2, 0.25) is 15.1 Å². The third-order valence-corrected chi connectivity index (χ3v) is 4.37. The van der Waals surface area contributed by atoms with E-state index in [2.05, 4.69) is 4.98 Å². The van der Waals surface area contributed by atoms with Crippen LogP contribution in [0.25, 0.3) is 11.0 Å². The molecule has 1 N–H and O–H groups in total. The van der Waals surface area contributed by atoms with Crippen molar-refractivity contribution in [2.75, 3.05) is 0 Å². The predicted molar refractivity (Wildman–Crippen MR) is 87.7 cm³/mol. The van der Waals surface area contributed by atoms with Gasteiger partial charge in [0.2, 0.25) is 0 Å². The smallest absolute Gasteiger partial charge is 0.178 e. The van der Waals surface area contributed by atoms with Gasteiger partial charge in [-0.15, -0.1) is 0 Å². The second kappa shape index (κ2) is 5.41. The van der Waals surface area contributed by atoms with E-state index in [4.69, 9.17) is 47.0 Å². The standard InChI is InChI=1S/C14H9Cl3N2S/c15-9-3-1-8(2-4-9)7-19-13-6-11(17)10(16)5-12(13)18-14(19)20/h1-6H,7H2,(H,18,20). The first-order chi connectivity index (χ1) is 9.54. The maximum absolute atomic E-state index is 6.08. The van der Waals surface area contributed by atoms with E-state index >= 15 is 0 Å². The minimum Gasteiger partial charge on any atom is -0.331 e. The number of aromatic nitrogens is 2. The van der Waals surface area contributed by atoms with Gasteiger partial charge in [0.1, 0.15) is 0 Å². The van der Waals surface area contributed by atoms with E-state index in [9.17, 15) is 0 Å². The van der Waals surface area contributed by atoms with Gasteiger partial charge in [-0.05, 0) is 42.0 Å². The highest BCUT2D eigenvalue weighted by molar-refractivity contribution is 7.71. The third-order valence-electron chi connectivity index (χ3n) is 3.07. The number of hydrogen-bond acceptors (Lipinski definition) is 1. The fourth-order valence-corrected chi connectivity index (χ4v) is 2.80. The van der Waals surface area contributed by atoms with Gasteiger partial charge in [-0.25, -0.2) is 0 Å². The largest absolute Gasteiger partial charge is 0.331 e. The minimum atomic E-state index is 0.508. The molecule has 3 rings (SSSR count). The van der Waals surface area contributed by atoms with Crippen molar-refractivity contribution in [2.45, 2.75) is 6.54 Å². The number of benzene rings is 2. The van der Waals surface area contributed by atoms with Gasteiger partial charge < -0.3 is 9.55 Å². The SMILES string of the molecule is S=c1[nH]c2cc(Cl)c(Cl)cc2n1Cc1ccc(Cl)cc1. The number of imidazole rings is 1. The highest BCUT2D eigenvalue weighted by Crippen LogP contribution is 2.28. The van der Waals surface area contributed by atoms with E-state index in [0.717, 1.165) is 16.6 Å². The van der Waals surface area contributed by atoms with Crippen molar-refractivity contribution in [3.05, 3.63) is 61.8 Å². The van der Waals surface area contributed by atoms with Gasteiger partial charge >= 0.3 is 0 Å². The normalized spacial score (nSPS) is 11.2. The topological polar surface area (TPSA) is 20.7 Å². The Morgan fingerprint density at radius 1 is 1.00 bits per heavy atom. The van der Waals surface area contributed by atoms with Crippen LogP contribution in [0.1, 0.15) is 5.56 Å². The quantitative estimate of drug-likeness (QED) is 0.591. The molecule has 2 aromatic carbocycles. The Morgan fingerprint density at radius 2 is 1.65 bits per heavy atom. The molecule has 0 atom stereocenters. The van der Waals surface area contributed by atoms with Crippen LogP contribution in [0, 0.1) is 4.77 Å². The van der Waals surface area contributed by atoms with Gasteiger partial charge in [-0.2, -0.15) is 0 Å². The Bertz CT molecular complexity index is 834. The number of aromatic amines is 1. The zero-order valence-corrected chi connectivity index (χ0v) is 13.2. The van der Waals surface area contributed by atoms with Crippen molar-refractivity contribution < 1.29 is 0 Å². The maximum Gasteiger partial charge on any atom is 0.178 e. The van der Waals surface area contributed by atoms with Crippen LogP contribution in [0.5, 0.6) is 0 Å². The number of H-pyrrole nitrogens is 1. The van der Waals surface area contributed by atoms with E-state index in [1.165, 1.54) is 0 Å². The summed E-state index contributed by atoms with van der Waals surface area (Å²) in [7, 11) is 0. The van der Waals surface area contributed by atoms with Crippen molar-refractivity contribution in [3.8, 4) is 0 Å². The zero-order chi connectivity index (χ0) is 14.3. The molecular weight excluding hydrogens is 335 g/mol. The van der Waals surface area contributed by atoms with E-state index in [1.54, 1.807) is 6.07 Å². The molecule has 1 aromatic heterocycles. The average Bonchev–Trinajstić information content (AvgIpc) is 2.69. The first-order valence-corrected chi connectivity index (χ1v) is 7.41. The summed E-state index contributed by atoms with van der Waals surface area (Å²) in [6.45, 7) is 0.647. The summed E-state index contributed by atoms with van der Waals surface area (Å²) in [6, 6.07) is 11.3. The molecule has 2 nitrogen and oxygen atoms in total. The fraction of sp³-hybridized carbons (Fsp3) is 0.0714. The molecule has 0 aliphatic rings. The van der Waals surface area contributed by atoms with Crippen LogP contribution in [-0.2, 0) is 6.54 Å². The fourth-order valence-electron chi connectivity index (χ4n) is 2.08. The monoisotopic (exact) mass is 342 g/mol. The molecule has 0 aliphatic carbocycles. The highest BCUT2D eigenvalue weighted by atomic mass is 35.5. The number of nitrogens with zero attached hydrogens (tertiary/aromatic N) is 1. The van der Waals surface area contributed by atoms with Crippen LogP contribution in [0.4, 0.5) is 0 Å². The molecule has 0 unspecified atom stereocenters. The summed E-state index contributed by atoms with van der Waals surface area (Å²) in [4.78, 5) is 3.14. The second-order valence-corrected chi connectivity index (χ2v) is 6.06. The molecule has 20 heavy (non-hydrogen) atoms. The summed E-state index contributed by atoms with van der Waals surface area (Å²) in [5, 5.41) is 1.73. The molecule has 3 aromatic rings. The van der Waals surface area contributed by atoms with E-state index in [-0.39, 0.29) is 0 Å². The third kappa shape index (κ3) is 2.59. The zero-order valence-electron chi connectivity index (χ0n) is 10.2. The molecule has 0 amide bonds. The minimum absolute atomic E-state index is 0.508. The van der Waals surface area contributed by atoms with Gasteiger partial charge in [0.25, 0.3) is 0 Å². The average molecular weight is 344 g/mol.